The second kappa shape index (κ2) is 12.7. The van der Waals surface area contributed by atoms with E-state index in [-0.39, 0.29) is 44.0 Å². The molecule has 1 unspecified atom stereocenters. The van der Waals surface area contributed by atoms with Crippen molar-refractivity contribution in [1.82, 2.24) is 10.6 Å². The molecule has 0 saturated heterocycles. The second-order valence-corrected chi connectivity index (χ2v) is 8.46. The normalized spacial score (nSPS) is 13.0. The van der Waals surface area contributed by atoms with Gasteiger partial charge in [-0.15, -0.1) is 0 Å². The number of carbonyl (C=O) groups excluding carboxylic acids is 2. The summed E-state index contributed by atoms with van der Waals surface area (Å²) in [7, 11) is 0. The van der Waals surface area contributed by atoms with Gasteiger partial charge in [0.2, 0.25) is 5.91 Å². The molecule has 0 fully saturated rings. The number of amides is 2. The lowest BCUT2D eigenvalue weighted by molar-refractivity contribution is -0.138. The van der Waals surface area contributed by atoms with Gasteiger partial charge in [-0.3, -0.25) is 9.59 Å². The zero-order valence-electron chi connectivity index (χ0n) is 19.4. The number of fused-ring (bicyclic) bond motifs is 3. The van der Waals surface area contributed by atoms with Gasteiger partial charge in [0.25, 0.3) is 0 Å². The fourth-order valence-corrected chi connectivity index (χ4v) is 4.08. The van der Waals surface area contributed by atoms with E-state index in [1.807, 2.05) is 31.2 Å². The lowest BCUT2D eigenvalue weighted by Crippen LogP contribution is -2.30. The highest BCUT2D eigenvalue weighted by Gasteiger charge is 2.28. The molecule has 0 spiro atoms. The molecule has 0 bridgehead atoms. The lowest BCUT2D eigenvalue weighted by atomic mass is 9.98. The summed E-state index contributed by atoms with van der Waals surface area (Å²) in [5, 5.41) is 14.0. The van der Waals surface area contributed by atoms with E-state index in [1.54, 1.807) is 0 Å². The van der Waals surface area contributed by atoms with Gasteiger partial charge < -0.3 is 25.2 Å². The first-order chi connectivity index (χ1) is 16.5. The van der Waals surface area contributed by atoms with E-state index in [9.17, 15) is 14.4 Å². The van der Waals surface area contributed by atoms with Crippen LogP contribution in [0.2, 0.25) is 0 Å². The fourth-order valence-electron chi connectivity index (χ4n) is 4.08. The summed E-state index contributed by atoms with van der Waals surface area (Å²) in [5.74, 6) is -0.907. The van der Waals surface area contributed by atoms with E-state index >= 15 is 0 Å². The van der Waals surface area contributed by atoms with Crippen molar-refractivity contribution in [3.8, 4) is 11.1 Å². The predicted octanol–water partition coefficient (Wildman–Crippen LogP) is 3.55. The molecule has 1 aliphatic carbocycles. The summed E-state index contributed by atoms with van der Waals surface area (Å²) < 4.78 is 10.7. The zero-order valence-corrected chi connectivity index (χ0v) is 19.4. The topological polar surface area (TPSA) is 114 Å². The van der Waals surface area contributed by atoms with Crippen molar-refractivity contribution in [1.29, 1.82) is 0 Å². The van der Waals surface area contributed by atoms with Crippen LogP contribution in [-0.4, -0.2) is 56.0 Å². The molecule has 8 nitrogen and oxygen atoms in total. The molecule has 1 atom stereocenters. The van der Waals surface area contributed by atoms with E-state index in [4.69, 9.17) is 14.6 Å². The number of rotatable bonds is 13. The number of nitrogens with one attached hydrogen (secondary N) is 2. The van der Waals surface area contributed by atoms with Crippen molar-refractivity contribution >= 4 is 18.0 Å². The first kappa shape index (κ1) is 25.2. The summed E-state index contributed by atoms with van der Waals surface area (Å²) in [4.78, 5) is 34.6. The molecule has 0 aliphatic heterocycles. The van der Waals surface area contributed by atoms with Crippen LogP contribution in [0, 0.1) is 5.92 Å². The number of alkyl carbamates (subject to hydrolysis) is 1. The maximum atomic E-state index is 12.2. The van der Waals surface area contributed by atoms with Crippen molar-refractivity contribution in [2.24, 2.45) is 5.92 Å². The molecule has 1 aliphatic rings. The number of hydrogen-bond donors (Lipinski definition) is 3. The van der Waals surface area contributed by atoms with E-state index in [2.05, 4.69) is 34.9 Å². The molecule has 8 heteroatoms. The number of benzene rings is 2. The Labute approximate surface area is 199 Å². The molecule has 3 rings (SSSR count). The number of carboxylic acids is 1. The average Bonchev–Trinajstić information content (AvgIpc) is 3.13. The van der Waals surface area contributed by atoms with Crippen molar-refractivity contribution in [2.45, 2.75) is 32.1 Å². The Morgan fingerprint density at radius 2 is 1.59 bits per heavy atom. The van der Waals surface area contributed by atoms with E-state index in [1.165, 1.54) is 22.3 Å². The third-order valence-corrected chi connectivity index (χ3v) is 5.81. The highest BCUT2D eigenvalue weighted by molar-refractivity contribution is 5.79. The zero-order chi connectivity index (χ0) is 24.3. The molecule has 34 heavy (non-hydrogen) atoms. The highest BCUT2D eigenvalue weighted by atomic mass is 16.5. The molecule has 2 aromatic rings. The first-order valence-electron chi connectivity index (χ1n) is 11.6. The molecular weight excluding hydrogens is 436 g/mol. The Kier molecular flexibility index (Phi) is 9.46. The molecule has 0 aromatic heterocycles. The standard InChI is InChI=1S/C26H32N2O6/c1-18(16-24(29)27-13-15-33-14-11-25(30)31)10-12-28-26(32)34-17-23-21-8-4-2-6-19(21)20-7-3-5-9-22(20)23/h2-9,18,23H,10-17H2,1H3,(H,27,29)(H,28,32)(H,30,31). The van der Waals surface area contributed by atoms with E-state index in [0.717, 1.165) is 0 Å². The van der Waals surface area contributed by atoms with Crippen molar-refractivity contribution in [3.05, 3.63) is 59.7 Å². The Balaban J connectivity index is 1.31. The van der Waals surface area contributed by atoms with Gasteiger partial charge in [-0.25, -0.2) is 4.79 Å². The molecular formula is C26H32N2O6. The molecule has 3 N–H and O–H groups in total. The SMILES string of the molecule is CC(CCNC(=O)OCC1c2ccccc2-c2ccccc21)CC(=O)NCCOCCC(=O)O. The van der Waals surface area contributed by atoms with Gasteiger partial charge in [-0.1, -0.05) is 55.5 Å². The maximum Gasteiger partial charge on any atom is 0.407 e. The molecule has 182 valence electrons. The van der Waals surface area contributed by atoms with Crippen molar-refractivity contribution < 1.29 is 29.0 Å². The molecule has 0 saturated carbocycles. The molecule has 2 aromatic carbocycles. The summed E-state index contributed by atoms with van der Waals surface area (Å²) >= 11 is 0. The number of ether oxygens (including phenoxy) is 2. The van der Waals surface area contributed by atoms with E-state index < -0.39 is 12.1 Å². The summed E-state index contributed by atoms with van der Waals surface area (Å²) in [6, 6.07) is 16.4. The largest absolute Gasteiger partial charge is 0.481 e. The lowest BCUT2D eigenvalue weighted by Gasteiger charge is -2.15. The monoisotopic (exact) mass is 468 g/mol. The van der Waals surface area contributed by atoms with Gasteiger partial charge in [0.05, 0.1) is 19.6 Å². The number of carbonyl (C=O) groups is 3. The first-order valence-corrected chi connectivity index (χ1v) is 11.6. The van der Waals surface area contributed by atoms with Gasteiger partial charge in [0.15, 0.2) is 0 Å². The minimum atomic E-state index is -0.912. The van der Waals surface area contributed by atoms with Crippen LogP contribution in [0.5, 0.6) is 0 Å². The van der Waals surface area contributed by atoms with Crippen molar-refractivity contribution in [2.75, 3.05) is 32.9 Å². The van der Waals surface area contributed by atoms with Gasteiger partial charge in [0.1, 0.15) is 6.61 Å². The molecule has 2 amide bonds. The number of carboxylic acid groups (broad SMARTS) is 1. The fraction of sp³-hybridized carbons (Fsp3) is 0.423. The van der Waals surface area contributed by atoms with E-state index in [0.29, 0.717) is 25.9 Å². The Hall–Kier alpha value is -3.39. The minimum absolute atomic E-state index is 0.0221. The van der Waals surface area contributed by atoms with Gasteiger partial charge in [-0.05, 0) is 34.6 Å². The molecule has 0 radical (unpaired) electrons. The Morgan fingerprint density at radius 3 is 2.24 bits per heavy atom. The summed E-state index contributed by atoms with van der Waals surface area (Å²) in [6.45, 7) is 3.38. The smallest absolute Gasteiger partial charge is 0.407 e. The molecule has 0 heterocycles. The van der Waals surface area contributed by atoms with Gasteiger partial charge >= 0.3 is 12.1 Å². The van der Waals surface area contributed by atoms with Gasteiger partial charge in [-0.2, -0.15) is 0 Å². The third kappa shape index (κ3) is 7.31. The second-order valence-electron chi connectivity index (χ2n) is 8.46. The van der Waals surface area contributed by atoms with Crippen LogP contribution in [0.25, 0.3) is 11.1 Å². The predicted molar refractivity (Wildman–Crippen MR) is 128 cm³/mol. The van der Waals surface area contributed by atoms with Crippen molar-refractivity contribution in [3.63, 3.8) is 0 Å². The summed E-state index contributed by atoms with van der Waals surface area (Å²) in [5.41, 5.74) is 4.71. The average molecular weight is 469 g/mol. The minimum Gasteiger partial charge on any atom is -0.481 e. The van der Waals surface area contributed by atoms with Crippen LogP contribution in [0.1, 0.15) is 43.2 Å². The highest BCUT2D eigenvalue weighted by Crippen LogP contribution is 2.44. The third-order valence-electron chi connectivity index (χ3n) is 5.81. The summed E-state index contributed by atoms with van der Waals surface area (Å²) in [6.07, 6.45) is 0.465. The Bertz CT molecular complexity index is 947. The number of aliphatic carboxylic acids is 1. The van der Waals surface area contributed by atoms with Crippen LogP contribution in [0.3, 0.4) is 0 Å². The Morgan fingerprint density at radius 1 is 0.941 bits per heavy atom. The quantitative estimate of drug-likeness (QED) is 0.388. The van der Waals surface area contributed by atoms with Crippen LogP contribution in [0.15, 0.2) is 48.5 Å². The van der Waals surface area contributed by atoms with Crippen LogP contribution in [0.4, 0.5) is 4.79 Å². The van der Waals surface area contributed by atoms with Gasteiger partial charge in [0, 0.05) is 25.4 Å². The van der Waals surface area contributed by atoms with Crippen LogP contribution >= 0.6 is 0 Å². The van der Waals surface area contributed by atoms with Crippen LogP contribution < -0.4 is 10.6 Å². The van der Waals surface area contributed by atoms with Crippen LogP contribution in [-0.2, 0) is 19.1 Å². The maximum absolute atomic E-state index is 12.2. The number of hydrogen-bond acceptors (Lipinski definition) is 5.